The summed E-state index contributed by atoms with van der Waals surface area (Å²) in [6, 6.07) is 11.5. The van der Waals surface area contributed by atoms with Gasteiger partial charge < -0.3 is 4.74 Å². The molecule has 0 bridgehead atoms. The Bertz CT molecular complexity index is 911. The molecule has 0 amide bonds. The number of hydrogen-bond acceptors (Lipinski definition) is 3. The summed E-state index contributed by atoms with van der Waals surface area (Å²) >= 11 is 6.05. The van der Waals surface area contributed by atoms with Crippen LogP contribution >= 0.6 is 11.6 Å². The average molecular weight is 379 g/mol. The number of hydrogen-bond donors (Lipinski definition) is 0. The third-order valence-electron chi connectivity index (χ3n) is 3.76. The number of benzene rings is 1. The number of aromatic nitrogens is 2. The first-order valence-corrected chi connectivity index (χ1v) is 8.05. The standard InChI is InChI=1S/C19H14ClF3N2O/c1-26-18-16(14-3-2-4-15(20)9-14)8-13(11-25-18)7-12-5-6-17(24-10-12)19(21,22)23/h2-6,8-11H,7H2,1H3. The molecule has 0 aliphatic heterocycles. The molecular formula is C19H14ClF3N2O. The highest BCUT2D eigenvalue weighted by Gasteiger charge is 2.31. The van der Waals surface area contributed by atoms with Gasteiger partial charge in [-0.15, -0.1) is 0 Å². The normalized spacial score (nSPS) is 11.4. The third kappa shape index (κ3) is 4.14. The van der Waals surface area contributed by atoms with Crippen LogP contribution in [0.5, 0.6) is 5.88 Å². The molecule has 3 rings (SSSR count). The van der Waals surface area contributed by atoms with E-state index in [0.717, 1.165) is 22.8 Å². The van der Waals surface area contributed by atoms with Crippen molar-refractivity contribution < 1.29 is 17.9 Å². The fraction of sp³-hybridized carbons (Fsp3) is 0.158. The number of rotatable bonds is 4. The molecule has 0 N–H and O–H groups in total. The van der Waals surface area contributed by atoms with E-state index >= 15 is 0 Å². The van der Waals surface area contributed by atoms with E-state index < -0.39 is 11.9 Å². The molecule has 0 aliphatic carbocycles. The molecule has 26 heavy (non-hydrogen) atoms. The molecule has 0 radical (unpaired) electrons. The Morgan fingerprint density at radius 2 is 1.77 bits per heavy atom. The summed E-state index contributed by atoms with van der Waals surface area (Å²) in [5, 5.41) is 0.585. The number of methoxy groups -OCH3 is 1. The van der Waals surface area contributed by atoms with Gasteiger partial charge >= 0.3 is 6.18 Å². The van der Waals surface area contributed by atoms with Crippen LogP contribution in [0.25, 0.3) is 11.1 Å². The largest absolute Gasteiger partial charge is 0.481 e. The minimum atomic E-state index is -4.44. The van der Waals surface area contributed by atoms with Gasteiger partial charge in [0.15, 0.2) is 0 Å². The van der Waals surface area contributed by atoms with Crippen molar-refractivity contribution in [1.29, 1.82) is 0 Å². The SMILES string of the molecule is COc1ncc(Cc2ccc(C(F)(F)F)nc2)cc1-c1cccc(Cl)c1. The summed E-state index contributed by atoms with van der Waals surface area (Å²) in [6.07, 6.45) is -1.19. The van der Waals surface area contributed by atoms with Crippen LogP contribution in [0, 0.1) is 0 Å². The lowest BCUT2D eigenvalue weighted by atomic mass is 10.0. The number of pyridine rings is 2. The van der Waals surface area contributed by atoms with Crippen molar-refractivity contribution >= 4 is 11.6 Å². The Kier molecular flexibility index (Phi) is 5.13. The highest BCUT2D eigenvalue weighted by Crippen LogP contribution is 2.31. The molecule has 0 spiro atoms. The first kappa shape index (κ1) is 18.2. The second-order valence-corrected chi connectivity index (χ2v) is 6.07. The van der Waals surface area contributed by atoms with Gasteiger partial charge in [0.25, 0.3) is 0 Å². The lowest BCUT2D eigenvalue weighted by molar-refractivity contribution is -0.141. The number of alkyl halides is 3. The molecule has 0 atom stereocenters. The van der Waals surface area contributed by atoms with E-state index in [1.165, 1.54) is 19.4 Å². The van der Waals surface area contributed by atoms with E-state index in [1.807, 2.05) is 18.2 Å². The van der Waals surface area contributed by atoms with Crippen LogP contribution in [0.4, 0.5) is 13.2 Å². The van der Waals surface area contributed by atoms with Crippen LogP contribution in [0.15, 0.2) is 54.9 Å². The topological polar surface area (TPSA) is 35.0 Å². The lowest BCUT2D eigenvalue weighted by Gasteiger charge is -2.11. The highest BCUT2D eigenvalue weighted by molar-refractivity contribution is 6.30. The van der Waals surface area contributed by atoms with Crippen molar-refractivity contribution in [1.82, 2.24) is 9.97 Å². The molecule has 3 aromatic rings. The average Bonchev–Trinajstić information content (AvgIpc) is 2.61. The molecule has 0 saturated carbocycles. The summed E-state index contributed by atoms with van der Waals surface area (Å²) in [5.41, 5.74) is 2.17. The fourth-order valence-corrected chi connectivity index (χ4v) is 2.74. The number of ether oxygens (including phenoxy) is 1. The van der Waals surface area contributed by atoms with Gasteiger partial charge in [0.1, 0.15) is 5.69 Å². The fourth-order valence-electron chi connectivity index (χ4n) is 2.55. The van der Waals surface area contributed by atoms with Gasteiger partial charge in [0.05, 0.1) is 7.11 Å². The third-order valence-corrected chi connectivity index (χ3v) is 4.00. The van der Waals surface area contributed by atoms with Gasteiger partial charge in [0, 0.05) is 29.4 Å². The molecular weight excluding hydrogens is 365 g/mol. The van der Waals surface area contributed by atoms with Gasteiger partial charge in [0.2, 0.25) is 5.88 Å². The molecule has 3 nitrogen and oxygen atoms in total. The first-order chi connectivity index (χ1) is 12.4. The monoisotopic (exact) mass is 378 g/mol. The van der Waals surface area contributed by atoms with Crippen molar-refractivity contribution in [3.8, 4) is 17.0 Å². The van der Waals surface area contributed by atoms with E-state index in [1.54, 1.807) is 18.3 Å². The zero-order valence-electron chi connectivity index (χ0n) is 13.7. The van der Waals surface area contributed by atoms with E-state index in [-0.39, 0.29) is 0 Å². The van der Waals surface area contributed by atoms with Gasteiger partial charge in [-0.05, 0) is 41.0 Å². The van der Waals surface area contributed by atoms with E-state index in [4.69, 9.17) is 16.3 Å². The Balaban J connectivity index is 1.91. The van der Waals surface area contributed by atoms with Gasteiger partial charge in [-0.2, -0.15) is 13.2 Å². The van der Waals surface area contributed by atoms with Crippen LogP contribution < -0.4 is 4.74 Å². The summed E-state index contributed by atoms with van der Waals surface area (Å²) in [6.45, 7) is 0. The van der Waals surface area contributed by atoms with Crippen LogP contribution in [0.2, 0.25) is 5.02 Å². The summed E-state index contributed by atoms with van der Waals surface area (Å²) in [7, 11) is 1.52. The molecule has 0 fully saturated rings. The minimum Gasteiger partial charge on any atom is -0.481 e. The lowest BCUT2D eigenvalue weighted by Crippen LogP contribution is -2.07. The predicted molar refractivity (Wildman–Crippen MR) is 93.3 cm³/mol. The smallest absolute Gasteiger partial charge is 0.433 e. The van der Waals surface area contributed by atoms with Crippen molar-refractivity contribution in [2.45, 2.75) is 12.6 Å². The quantitative estimate of drug-likeness (QED) is 0.608. The van der Waals surface area contributed by atoms with Gasteiger partial charge in [-0.3, -0.25) is 4.98 Å². The maximum atomic E-state index is 12.6. The van der Waals surface area contributed by atoms with Gasteiger partial charge in [-0.25, -0.2) is 4.98 Å². The molecule has 134 valence electrons. The maximum absolute atomic E-state index is 12.6. The van der Waals surface area contributed by atoms with E-state index in [9.17, 15) is 13.2 Å². The Labute approximate surface area is 153 Å². The predicted octanol–water partition coefficient (Wildman–Crippen LogP) is 5.42. The Morgan fingerprint density at radius 1 is 1.00 bits per heavy atom. The van der Waals surface area contributed by atoms with Gasteiger partial charge in [-0.1, -0.05) is 29.8 Å². The second kappa shape index (κ2) is 7.33. The zero-order chi connectivity index (χ0) is 18.7. The van der Waals surface area contributed by atoms with Crippen molar-refractivity contribution in [2.24, 2.45) is 0 Å². The molecule has 1 aromatic carbocycles. The second-order valence-electron chi connectivity index (χ2n) is 5.64. The van der Waals surface area contributed by atoms with E-state index in [0.29, 0.717) is 22.9 Å². The van der Waals surface area contributed by atoms with E-state index in [2.05, 4.69) is 9.97 Å². The van der Waals surface area contributed by atoms with Crippen LogP contribution in [-0.4, -0.2) is 17.1 Å². The number of nitrogens with zero attached hydrogens (tertiary/aromatic N) is 2. The van der Waals surface area contributed by atoms with Crippen molar-refractivity contribution in [3.63, 3.8) is 0 Å². The Hall–Kier alpha value is -2.60. The molecule has 0 unspecified atom stereocenters. The molecule has 0 saturated heterocycles. The molecule has 2 aromatic heterocycles. The minimum absolute atomic E-state index is 0.399. The zero-order valence-corrected chi connectivity index (χ0v) is 14.5. The first-order valence-electron chi connectivity index (χ1n) is 7.68. The summed E-state index contributed by atoms with van der Waals surface area (Å²) in [4.78, 5) is 7.77. The molecule has 7 heteroatoms. The maximum Gasteiger partial charge on any atom is 0.433 e. The number of halogens is 4. The van der Waals surface area contributed by atoms with Crippen LogP contribution in [-0.2, 0) is 12.6 Å². The van der Waals surface area contributed by atoms with Crippen LogP contribution in [0.1, 0.15) is 16.8 Å². The van der Waals surface area contributed by atoms with Crippen LogP contribution in [0.3, 0.4) is 0 Å². The Morgan fingerprint density at radius 3 is 2.38 bits per heavy atom. The molecule has 0 aliphatic rings. The van der Waals surface area contributed by atoms with Crippen molar-refractivity contribution in [3.05, 3.63) is 76.7 Å². The summed E-state index contributed by atoms with van der Waals surface area (Å²) in [5.74, 6) is 0.446. The highest BCUT2D eigenvalue weighted by atomic mass is 35.5. The molecule has 2 heterocycles. The summed E-state index contributed by atoms with van der Waals surface area (Å²) < 4.78 is 43.1. The van der Waals surface area contributed by atoms with Crippen molar-refractivity contribution in [2.75, 3.05) is 7.11 Å².